The van der Waals surface area contributed by atoms with E-state index in [1.165, 1.54) is 5.57 Å². The van der Waals surface area contributed by atoms with Crippen LogP contribution in [0.4, 0.5) is 0 Å². The van der Waals surface area contributed by atoms with Crippen molar-refractivity contribution < 1.29 is 0 Å². The van der Waals surface area contributed by atoms with Crippen molar-refractivity contribution in [2.24, 2.45) is 0 Å². The molecule has 0 saturated carbocycles. The fourth-order valence-electron chi connectivity index (χ4n) is 1.40. The maximum atomic E-state index is 6.01. The van der Waals surface area contributed by atoms with Crippen LogP contribution in [0.2, 0.25) is 5.02 Å². The molecule has 0 aliphatic heterocycles. The number of allylic oxidation sites excluding steroid dienone is 5. The lowest BCUT2D eigenvalue weighted by molar-refractivity contribution is 1.34. The highest BCUT2D eigenvalue weighted by molar-refractivity contribution is 6.32. The summed E-state index contributed by atoms with van der Waals surface area (Å²) in [5.41, 5.74) is 5.42. The molecular formula is C14H11Cl. The minimum atomic E-state index is 0.761. The molecule has 2 rings (SSSR count). The highest BCUT2D eigenvalue weighted by atomic mass is 35.5. The van der Waals surface area contributed by atoms with Crippen LogP contribution < -0.4 is 0 Å². The lowest BCUT2D eigenvalue weighted by Gasteiger charge is -1.93. The van der Waals surface area contributed by atoms with Crippen LogP contribution in [-0.4, -0.2) is 0 Å². The number of halogens is 1. The quantitative estimate of drug-likeness (QED) is 0.641. The second-order valence-electron chi connectivity index (χ2n) is 3.35. The molecule has 0 radical (unpaired) electrons. The molecule has 0 spiro atoms. The van der Waals surface area contributed by atoms with Crippen LogP contribution in [0, 0.1) is 0 Å². The Morgan fingerprint density at radius 2 is 2.07 bits per heavy atom. The lowest BCUT2D eigenvalue weighted by Crippen LogP contribution is -1.71. The van der Waals surface area contributed by atoms with E-state index in [9.17, 15) is 0 Å². The minimum absolute atomic E-state index is 0.761. The van der Waals surface area contributed by atoms with Gasteiger partial charge in [-0.3, -0.25) is 0 Å². The first-order chi connectivity index (χ1) is 7.36. The van der Waals surface area contributed by atoms with Crippen molar-refractivity contribution in [2.45, 2.75) is 6.42 Å². The molecule has 0 aromatic heterocycles. The van der Waals surface area contributed by atoms with Gasteiger partial charge in [0.05, 0.1) is 0 Å². The Labute approximate surface area is 94.9 Å². The zero-order valence-electron chi connectivity index (χ0n) is 8.28. The number of benzene rings is 1. The number of hydrogen-bond acceptors (Lipinski definition) is 0. The van der Waals surface area contributed by atoms with E-state index >= 15 is 0 Å². The molecule has 1 aromatic rings. The summed E-state index contributed by atoms with van der Waals surface area (Å²) >= 11 is 6.01. The van der Waals surface area contributed by atoms with Gasteiger partial charge in [0.25, 0.3) is 0 Å². The normalized spacial score (nSPS) is 13.3. The van der Waals surface area contributed by atoms with E-state index < -0.39 is 0 Å². The van der Waals surface area contributed by atoms with E-state index in [1.807, 2.05) is 36.4 Å². The van der Waals surface area contributed by atoms with Crippen LogP contribution in [0.15, 0.2) is 59.9 Å². The number of hydrogen-bond donors (Lipinski definition) is 0. The Morgan fingerprint density at radius 3 is 2.80 bits per heavy atom. The van der Waals surface area contributed by atoms with Gasteiger partial charge >= 0.3 is 0 Å². The van der Waals surface area contributed by atoms with Gasteiger partial charge in [-0.1, -0.05) is 48.0 Å². The first kappa shape index (κ1) is 10.0. The summed E-state index contributed by atoms with van der Waals surface area (Å²) < 4.78 is 0. The van der Waals surface area contributed by atoms with Gasteiger partial charge in [-0.25, -0.2) is 0 Å². The van der Waals surface area contributed by atoms with Crippen LogP contribution in [-0.2, 0) is 0 Å². The average molecular weight is 215 g/mol. The Morgan fingerprint density at radius 1 is 1.20 bits per heavy atom. The van der Waals surface area contributed by atoms with Gasteiger partial charge in [0.15, 0.2) is 0 Å². The summed E-state index contributed by atoms with van der Waals surface area (Å²) in [7, 11) is 0. The molecular weight excluding hydrogens is 204 g/mol. The van der Waals surface area contributed by atoms with Crippen LogP contribution in [0.1, 0.15) is 12.0 Å². The van der Waals surface area contributed by atoms with Gasteiger partial charge in [0.2, 0.25) is 0 Å². The third kappa shape index (κ3) is 2.73. The zero-order valence-corrected chi connectivity index (χ0v) is 9.04. The molecule has 15 heavy (non-hydrogen) atoms. The maximum absolute atomic E-state index is 6.01. The maximum Gasteiger partial charge on any atom is 0.0484 e. The van der Waals surface area contributed by atoms with E-state index in [4.69, 9.17) is 11.6 Å². The van der Waals surface area contributed by atoms with Crippen LogP contribution in [0.25, 0.3) is 6.08 Å². The van der Waals surface area contributed by atoms with Gasteiger partial charge in [0.1, 0.15) is 0 Å². The molecule has 74 valence electrons. The topological polar surface area (TPSA) is 0 Å². The predicted octanol–water partition coefficient (Wildman–Crippen LogP) is 4.39. The molecule has 1 aromatic carbocycles. The highest BCUT2D eigenvalue weighted by Crippen LogP contribution is 2.16. The second kappa shape index (κ2) is 4.84. The van der Waals surface area contributed by atoms with Gasteiger partial charge < -0.3 is 0 Å². The Balaban J connectivity index is 2.15. The molecule has 0 amide bonds. The predicted molar refractivity (Wildman–Crippen MR) is 65.8 cm³/mol. The van der Waals surface area contributed by atoms with Crippen LogP contribution in [0.3, 0.4) is 0 Å². The van der Waals surface area contributed by atoms with Crippen LogP contribution >= 0.6 is 11.6 Å². The summed E-state index contributed by atoms with van der Waals surface area (Å²) in [6.07, 6.45) is 11.2. The van der Waals surface area contributed by atoms with Crippen molar-refractivity contribution >= 4 is 17.7 Å². The number of rotatable bonds is 2. The van der Waals surface area contributed by atoms with E-state index in [2.05, 4.69) is 24.0 Å². The molecule has 0 heterocycles. The van der Waals surface area contributed by atoms with Gasteiger partial charge in [-0.15, -0.1) is 5.73 Å². The molecule has 1 heteroatoms. The van der Waals surface area contributed by atoms with Crippen molar-refractivity contribution in [3.63, 3.8) is 0 Å². The molecule has 0 nitrogen and oxygen atoms in total. The average Bonchev–Trinajstić information content (AvgIpc) is 2.74. The van der Waals surface area contributed by atoms with E-state index in [0.29, 0.717) is 0 Å². The van der Waals surface area contributed by atoms with Gasteiger partial charge in [0, 0.05) is 10.6 Å². The Bertz CT molecular complexity index is 472. The summed E-state index contributed by atoms with van der Waals surface area (Å²) in [5.74, 6) is 0. The summed E-state index contributed by atoms with van der Waals surface area (Å²) in [6.45, 7) is 0. The second-order valence-corrected chi connectivity index (χ2v) is 3.76. The van der Waals surface area contributed by atoms with Crippen molar-refractivity contribution in [1.82, 2.24) is 0 Å². The molecule has 0 bridgehead atoms. The monoisotopic (exact) mass is 214 g/mol. The molecule has 0 saturated heterocycles. The van der Waals surface area contributed by atoms with Crippen LogP contribution in [0.5, 0.6) is 0 Å². The van der Waals surface area contributed by atoms with Gasteiger partial charge in [-0.2, -0.15) is 0 Å². The molecule has 0 N–H and O–H groups in total. The fraction of sp³-hybridized carbons (Fsp3) is 0.0714. The van der Waals surface area contributed by atoms with Crippen molar-refractivity contribution in [2.75, 3.05) is 0 Å². The summed E-state index contributed by atoms with van der Waals surface area (Å²) in [6, 6.07) is 7.75. The SMILES string of the molecule is Clc1ccccc1C=C=CC1=CC=CC1. The smallest absolute Gasteiger partial charge is 0.0484 e. The minimum Gasteiger partial charge on any atom is -0.120 e. The third-order valence-corrected chi connectivity index (χ3v) is 2.56. The molecule has 1 aliphatic carbocycles. The van der Waals surface area contributed by atoms with Crippen molar-refractivity contribution in [3.8, 4) is 0 Å². The fourth-order valence-corrected chi connectivity index (χ4v) is 1.59. The zero-order chi connectivity index (χ0) is 10.5. The third-order valence-electron chi connectivity index (χ3n) is 2.21. The standard InChI is InChI=1S/C14H11Cl/c15-14-11-4-3-9-13(14)10-5-8-12-6-1-2-7-12/h1-4,6,8-11H,7H2. The van der Waals surface area contributed by atoms with E-state index in [-0.39, 0.29) is 0 Å². The first-order valence-corrected chi connectivity index (χ1v) is 5.27. The van der Waals surface area contributed by atoms with Gasteiger partial charge in [-0.05, 0) is 30.2 Å². The lowest BCUT2D eigenvalue weighted by atomic mass is 10.2. The molecule has 0 unspecified atom stereocenters. The molecule has 1 aliphatic rings. The highest BCUT2D eigenvalue weighted by Gasteiger charge is 1.93. The first-order valence-electron chi connectivity index (χ1n) is 4.89. The largest absolute Gasteiger partial charge is 0.120 e. The van der Waals surface area contributed by atoms with E-state index in [1.54, 1.807) is 0 Å². The van der Waals surface area contributed by atoms with Crippen molar-refractivity contribution in [3.05, 3.63) is 70.5 Å². The molecule has 0 fully saturated rings. The summed E-state index contributed by atoms with van der Waals surface area (Å²) in [4.78, 5) is 0. The van der Waals surface area contributed by atoms with Crippen molar-refractivity contribution in [1.29, 1.82) is 0 Å². The Hall–Kier alpha value is -1.49. The van der Waals surface area contributed by atoms with E-state index in [0.717, 1.165) is 17.0 Å². The summed E-state index contributed by atoms with van der Waals surface area (Å²) in [5, 5.41) is 0.761. The Kier molecular flexibility index (Phi) is 3.24. The molecule has 0 atom stereocenters.